The molecule has 25 heavy (non-hydrogen) atoms. The highest BCUT2D eigenvalue weighted by atomic mass is 16.7. The molecular formula is C18H19N3O4. The van der Waals surface area contributed by atoms with Gasteiger partial charge in [-0.2, -0.15) is 0 Å². The molecule has 0 aliphatic carbocycles. The summed E-state index contributed by atoms with van der Waals surface area (Å²) in [6.07, 6.45) is 0.201. The molecule has 1 aliphatic rings. The number of fused-ring (bicyclic) bond motifs is 1. The molecule has 0 aromatic heterocycles. The van der Waals surface area contributed by atoms with E-state index in [1.807, 2.05) is 36.4 Å². The minimum absolute atomic E-state index is 0.141. The molecule has 0 bridgehead atoms. The van der Waals surface area contributed by atoms with Gasteiger partial charge >= 0.3 is 6.03 Å². The molecule has 1 heterocycles. The van der Waals surface area contributed by atoms with Crippen LogP contribution < -0.4 is 25.4 Å². The second-order valence-electron chi connectivity index (χ2n) is 5.46. The van der Waals surface area contributed by atoms with E-state index < -0.39 is 0 Å². The lowest BCUT2D eigenvalue weighted by Crippen LogP contribution is -2.33. The first-order chi connectivity index (χ1) is 12.2. The standard InChI is InChI=1S/C18H19N3O4/c22-17(8-9-19-18(23)21-14-4-2-1-3-5-14)20-11-13-6-7-15-16(10-13)25-12-24-15/h1-7,10H,8-9,11-12H2,(H,20,22)(H2,19,21,23). The first-order valence-corrected chi connectivity index (χ1v) is 7.96. The van der Waals surface area contributed by atoms with Gasteiger partial charge in [-0.1, -0.05) is 24.3 Å². The van der Waals surface area contributed by atoms with Gasteiger partial charge in [0.25, 0.3) is 0 Å². The second kappa shape index (κ2) is 8.05. The van der Waals surface area contributed by atoms with Gasteiger partial charge in [0.05, 0.1) is 0 Å². The van der Waals surface area contributed by atoms with E-state index in [0.29, 0.717) is 23.7 Å². The van der Waals surface area contributed by atoms with Gasteiger partial charge in [-0.3, -0.25) is 4.79 Å². The van der Waals surface area contributed by atoms with Gasteiger partial charge in [0.2, 0.25) is 12.7 Å². The van der Waals surface area contributed by atoms with Gasteiger partial charge in [0.15, 0.2) is 11.5 Å². The highest BCUT2D eigenvalue weighted by Gasteiger charge is 2.13. The molecule has 1 aliphatic heterocycles. The summed E-state index contributed by atoms with van der Waals surface area (Å²) >= 11 is 0. The maximum absolute atomic E-state index is 11.9. The molecular weight excluding hydrogens is 322 g/mol. The molecule has 3 N–H and O–H groups in total. The van der Waals surface area contributed by atoms with Crippen molar-refractivity contribution >= 4 is 17.6 Å². The van der Waals surface area contributed by atoms with E-state index in [0.717, 1.165) is 5.56 Å². The van der Waals surface area contributed by atoms with Crippen molar-refractivity contribution in [1.82, 2.24) is 10.6 Å². The zero-order chi connectivity index (χ0) is 17.5. The molecule has 2 aromatic rings. The molecule has 3 rings (SSSR count). The van der Waals surface area contributed by atoms with Crippen molar-refractivity contribution in [1.29, 1.82) is 0 Å². The lowest BCUT2D eigenvalue weighted by molar-refractivity contribution is -0.121. The van der Waals surface area contributed by atoms with Crippen molar-refractivity contribution in [3.63, 3.8) is 0 Å². The van der Waals surface area contributed by atoms with Crippen LogP contribution in [0.15, 0.2) is 48.5 Å². The van der Waals surface area contributed by atoms with Crippen LogP contribution >= 0.6 is 0 Å². The van der Waals surface area contributed by atoms with Crippen LogP contribution in [-0.4, -0.2) is 25.3 Å². The van der Waals surface area contributed by atoms with Crippen LogP contribution in [0.4, 0.5) is 10.5 Å². The third-order valence-electron chi connectivity index (χ3n) is 3.60. The molecule has 0 radical (unpaired) electrons. The van der Waals surface area contributed by atoms with Gasteiger partial charge in [0.1, 0.15) is 0 Å². The largest absolute Gasteiger partial charge is 0.454 e. The van der Waals surface area contributed by atoms with Crippen molar-refractivity contribution in [2.45, 2.75) is 13.0 Å². The summed E-state index contributed by atoms with van der Waals surface area (Å²) < 4.78 is 10.5. The average Bonchev–Trinajstić information content (AvgIpc) is 3.08. The Hall–Kier alpha value is -3.22. The van der Waals surface area contributed by atoms with E-state index in [1.54, 1.807) is 12.1 Å². The number of rotatable bonds is 6. The highest BCUT2D eigenvalue weighted by Crippen LogP contribution is 2.32. The zero-order valence-corrected chi connectivity index (χ0v) is 13.6. The van der Waals surface area contributed by atoms with E-state index in [2.05, 4.69) is 16.0 Å². The zero-order valence-electron chi connectivity index (χ0n) is 13.6. The predicted octanol–water partition coefficient (Wildman–Crippen LogP) is 2.24. The van der Waals surface area contributed by atoms with Crippen molar-refractivity contribution < 1.29 is 19.1 Å². The van der Waals surface area contributed by atoms with Crippen LogP contribution in [0.25, 0.3) is 0 Å². The van der Waals surface area contributed by atoms with Gasteiger partial charge in [-0.05, 0) is 29.8 Å². The molecule has 0 saturated heterocycles. The smallest absolute Gasteiger partial charge is 0.319 e. The molecule has 0 atom stereocenters. The Bertz CT molecular complexity index is 749. The fourth-order valence-corrected chi connectivity index (χ4v) is 2.33. The van der Waals surface area contributed by atoms with Gasteiger partial charge in [-0.15, -0.1) is 0 Å². The second-order valence-corrected chi connectivity index (χ2v) is 5.46. The van der Waals surface area contributed by atoms with Crippen LogP contribution in [0.3, 0.4) is 0 Å². The highest BCUT2D eigenvalue weighted by molar-refractivity contribution is 5.89. The molecule has 7 heteroatoms. The lowest BCUT2D eigenvalue weighted by atomic mass is 10.2. The minimum atomic E-state index is -0.338. The molecule has 130 valence electrons. The third kappa shape index (κ3) is 4.87. The van der Waals surface area contributed by atoms with Crippen LogP contribution in [0.1, 0.15) is 12.0 Å². The quantitative estimate of drug-likeness (QED) is 0.752. The van der Waals surface area contributed by atoms with Gasteiger partial charge in [-0.25, -0.2) is 4.79 Å². The summed E-state index contributed by atoms with van der Waals surface area (Å²) in [4.78, 5) is 23.6. The van der Waals surface area contributed by atoms with Crippen LogP contribution in [-0.2, 0) is 11.3 Å². The molecule has 2 aromatic carbocycles. The number of carbonyl (C=O) groups excluding carboxylic acids is 2. The van der Waals surface area contributed by atoms with Crippen molar-refractivity contribution in [3.05, 3.63) is 54.1 Å². The molecule has 0 saturated carbocycles. The summed E-state index contributed by atoms with van der Waals surface area (Å²) in [5.41, 5.74) is 1.62. The van der Waals surface area contributed by atoms with Crippen LogP contribution in [0, 0.1) is 0 Å². The molecule has 3 amide bonds. The SMILES string of the molecule is O=C(CCNC(=O)Nc1ccccc1)NCc1ccc2c(c1)OCO2. The van der Waals surface area contributed by atoms with E-state index in [1.165, 1.54) is 0 Å². The number of hydrogen-bond donors (Lipinski definition) is 3. The number of nitrogens with one attached hydrogen (secondary N) is 3. The van der Waals surface area contributed by atoms with Gasteiger partial charge in [0, 0.05) is 25.2 Å². The number of carbonyl (C=O) groups is 2. The van der Waals surface area contributed by atoms with Crippen molar-refractivity contribution in [2.24, 2.45) is 0 Å². The van der Waals surface area contributed by atoms with E-state index in [9.17, 15) is 9.59 Å². The number of hydrogen-bond acceptors (Lipinski definition) is 4. The first-order valence-electron chi connectivity index (χ1n) is 7.96. The average molecular weight is 341 g/mol. The van der Waals surface area contributed by atoms with E-state index in [-0.39, 0.29) is 31.7 Å². The predicted molar refractivity (Wildman–Crippen MR) is 92.5 cm³/mol. The Morgan fingerprint density at radius 3 is 2.60 bits per heavy atom. The number of anilines is 1. The van der Waals surface area contributed by atoms with E-state index in [4.69, 9.17) is 9.47 Å². The molecule has 0 spiro atoms. The number of urea groups is 1. The lowest BCUT2D eigenvalue weighted by Gasteiger charge is -2.08. The Morgan fingerprint density at radius 1 is 0.960 bits per heavy atom. The maximum atomic E-state index is 11.9. The normalized spacial score (nSPS) is 11.7. The summed E-state index contributed by atoms with van der Waals surface area (Å²) in [6, 6.07) is 14.3. The Labute approximate surface area is 145 Å². The maximum Gasteiger partial charge on any atom is 0.319 e. The monoisotopic (exact) mass is 341 g/mol. The Morgan fingerprint density at radius 2 is 1.76 bits per heavy atom. The minimum Gasteiger partial charge on any atom is -0.454 e. The topological polar surface area (TPSA) is 88.7 Å². The van der Waals surface area contributed by atoms with Crippen molar-refractivity contribution in [3.8, 4) is 11.5 Å². The molecule has 0 fully saturated rings. The fraction of sp³-hybridized carbons (Fsp3) is 0.222. The summed E-state index contributed by atoms with van der Waals surface area (Å²) in [5, 5.41) is 8.14. The Balaban J connectivity index is 1.35. The van der Waals surface area contributed by atoms with Crippen LogP contribution in [0.5, 0.6) is 11.5 Å². The number of benzene rings is 2. The number of ether oxygens (including phenoxy) is 2. The van der Waals surface area contributed by atoms with Crippen molar-refractivity contribution in [2.75, 3.05) is 18.7 Å². The first kappa shape index (κ1) is 16.6. The Kier molecular flexibility index (Phi) is 5.36. The third-order valence-corrected chi connectivity index (χ3v) is 3.60. The molecule has 0 unspecified atom stereocenters. The summed E-state index contributed by atoms with van der Waals surface area (Å²) in [6.45, 7) is 0.874. The number of amides is 3. The number of para-hydroxylation sites is 1. The molecule has 7 nitrogen and oxygen atoms in total. The summed E-state index contributed by atoms with van der Waals surface area (Å²) in [5.74, 6) is 1.26. The fourth-order valence-electron chi connectivity index (χ4n) is 2.33. The van der Waals surface area contributed by atoms with E-state index >= 15 is 0 Å². The van der Waals surface area contributed by atoms with Crippen LogP contribution in [0.2, 0.25) is 0 Å². The van der Waals surface area contributed by atoms with Gasteiger partial charge < -0.3 is 25.4 Å². The summed E-state index contributed by atoms with van der Waals surface area (Å²) in [7, 11) is 0.